The topological polar surface area (TPSA) is 15.9 Å². The normalized spacial score (nSPS) is 10.5. The summed E-state index contributed by atoms with van der Waals surface area (Å²) in [5, 5.41) is 3.16. The van der Waals surface area contributed by atoms with Gasteiger partial charge < -0.3 is 0 Å². The summed E-state index contributed by atoms with van der Waals surface area (Å²) in [6, 6.07) is 18.0. The van der Waals surface area contributed by atoms with Crippen molar-refractivity contribution in [1.29, 1.82) is 0 Å². The molecule has 1 heterocycles. The van der Waals surface area contributed by atoms with Gasteiger partial charge in [-0.05, 0) is 35.7 Å². The minimum absolute atomic E-state index is 0.740. The van der Waals surface area contributed by atoms with Crippen molar-refractivity contribution in [2.75, 3.05) is 5.43 Å². The Bertz CT molecular complexity index is 677. The van der Waals surface area contributed by atoms with Gasteiger partial charge in [0.15, 0.2) is 6.20 Å². The molecule has 0 spiro atoms. The van der Waals surface area contributed by atoms with E-state index >= 15 is 0 Å². The van der Waals surface area contributed by atoms with Crippen molar-refractivity contribution < 1.29 is 4.68 Å². The number of halogens is 1. The van der Waals surface area contributed by atoms with Crippen LogP contribution in [0.1, 0.15) is 0 Å². The molecule has 2 aromatic carbocycles. The molecule has 0 aliphatic rings. The molecule has 3 rings (SSSR count). The second-order valence-electron chi connectivity index (χ2n) is 4.10. The summed E-state index contributed by atoms with van der Waals surface area (Å²) in [4.78, 5) is 0. The van der Waals surface area contributed by atoms with Gasteiger partial charge in [0.25, 0.3) is 0 Å². The number of hydrogen-bond acceptors (Lipinski definition) is 1. The molecule has 0 amide bonds. The lowest BCUT2D eigenvalue weighted by Gasteiger charge is -2.01. The molecule has 1 aromatic heterocycles. The highest BCUT2D eigenvalue weighted by molar-refractivity contribution is 6.30. The maximum atomic E-state index is 5.86. The van der Waals surface area contributed by atoms with E-state index in [1.165, 1.54) is 10.8 Å². The molecule has 0 aliphatic heterocycles. The Labute approximate surface area is 110 Å². The van der Waals surface area contributed by atoms with E-state index < -0.39 is 0 Å². The van der Waals surface area contributed by atoms with Crippen molar-refractivity contribution >= 4 is 28.1 Å². The molecule has 88 valence electrons. The van der Waals surface area contributed by atoms with E-state index in [1.54, 1.807) is 0 Å². The van der Waals surface area contributed by atoms with E-state index in [-0.39, 0.29) is 0 Å². The maximum absolute atomic E-state index is 5.86. The minimum Gasteiger partial charge on any atom is -0.161 e. The summed E-state index contributed by atoms with van der Waals surface area (Å²) in [6.07, 6.45) is 4.06. The lowest BCUT2D eigenvalue weighted by Crippen LogP contribution is -2.41. The fourth-order valence-electron chi connectivity index (χ4n) is 1.88. The molecule has 0 radical (unpaired) electrons. The van der Waals surface area contributed by atoms with Crippen LogP contribution in [0.5, 0.6) is 0 Å². The first kappa shape index (κ1) is 11.1. The third-order valence-corrected chi connectivity index (χ3v) is 3.04. The number of nitrogens with zero attached hydrogens (tertiary/aromatic N) is 1. The first-order chi connectivity index (χ1) is 8.81. The standard InChI is InChI=1S/C15H12ClN2/c16-14-5-7-15(8-6-14)17-18-10-9-12-3-1-2-4-13(12)11-18/h1-11,17H/q+1. The van der Waals surface area contributed by atoms with Gasteiger partial charge in [-0.15, -0.1) is 0 Å². The summed E-state index contributed by atoms with van der Waals surface area (Å²) in [5.74, 6) is 0. The number of nitrogens with one attached hydrogen (secondary N) is 1. The molecule has 2 nitrogen and oxygen atoms in total. The quantitative estimate of drug-likeness (QED) is 0.691. The molecule has 0 aliphatic carbocycles. The monoisotopic (exact) mass is 255 g/mol. The van der Waals surface area contributed by atoms with Crippen LogP contribution >= 0.6 is 11.6 Å². The molecular weight excluding hydrogens is 244 g/mol. The zero-order valence-electron chi connectivity index (χ0n) is 9.68. The van der Waals surface area contributed by atoms with Crippen molar-refractivity contribution in [3.63, 3.8) is 0 Å². The largest absolute Gasteiger partial charge is 0.207 e. The number of hydrogen-bond donors (Lipinski definition) is 1. The zero-order valence-corrected chi connectivity index (χ0v) is 10.4. The third-order valence-electron chi connectivity index (χ3n) is 2.79. The Hall–Kier alpha value is -2.06. The maximum Gasteiger partial charge on any atom is 0.207 e. The van der Waals surface area contributed by atoms with Crippen LogP contribution in [0.2, 0.25) is 5.02 Å². The summed E-state index contributed by atoms with van der Waals surface area (Å²) in [6.45, 7) is 0. The van der Waals surface area contributed by atoms with Gasteiger partial charge in [0, 0.05) is 16.5 Å². The number of anilines is 1. The van der Waals surface area contributed by atoms with Crippen molar-refractivity contribution in [1.82, 2.24) is 0 Å². The highest BCUT2D eigenvalue weighted by Gasteiger charge is 2.03. The van der Waals surface area contributed by atoms with Gasteiger partial charge in [-0.1, -0.05) is 34.5 Å². The van der Waals surface area contributed by atoms with Crippen LogP contribution in [0.15, 0.2) is 67.0 Å². The SMILES string of the molecule is Clc1ccc(N[n+]2ccc3ccccc3c2)cc1. The molecule has 18 heavy (non-hydrogen) atoms. The third kappa shape index (κ3) is 2.29. The number of benzene rings is 2. The van der Waals surface area contributed by atoms with Crippen molar-refractivity contribution in [3.05, 3.63) is 72.0 Å². The van der Waals surface area contributed by atoms with Gasteiger partial charge in [0.1, 0.15) is 0 Å². The Balaban J connectivity index is 1.92. The summed E-state index contributed by atoms with van der Waals surface area (Å²) in [5.41, 5.74) is 4.28. The predicted octanol–water partition coefficient (Wildman–Crippen LogP) is 3.66. The molecule has 0 bridgehead atoms. The van der Waals surface area contributed by atoms with E-state index in [2.05, 4.69) is 29.8 Å². The Morgan fingerprint density at radius 1 is 0.833 bits per heavy atom. The molecule has 1 N–H and O–H groups in total. The minimum atomic E-state index is 0.740. The van der Waals surface area contributed by atoms with Crippen molar-refractivity contribution in [2.24, 2.45) is 0 Å². The molecule has 0 saturated heterocycles. The number of pyridine rings is 1. The average molecular weight is 256 g/mol. The Morgan fingerprint density at radius 2 is 1.56 bits per heavy atom. The van der Waals surface area contributed by atoms with Crippen LogP contribution in [0.4, 0.5) is 5.69 Å². The summed E-state index contributed by atoms with van der Waals surface area (Å²) < 4.78 is 1.94. The molecule has 3 aromatic rings. The van der Waals surface area contributed by atoms with Crippen LogP contribution in [-0.2, 0) is 0 Å². The molecule has 0 atom stereocenters. The van der Waals surface area contributed by atoms with Gasteiger partial charge in [-0.2, -0.15) is 5.43 Å². The van der Waals surface area contributed by atoms with Crippen LogP contribution in [0.25, 0.3) is 10.8 Å². The summed E-state index contributed by atoms with van der Waals surface area (Å²) >= 11 is 5.86. The zero-order chi connectivity index (χ0) is 12.4. The second kappa shape index (κ2) is 4.67. The number of aromatic nitrogens is 1. The smallest absolute Gasteiger partial charge is 0.161 e. The Kier molecular flexibility index (Phi) is 2.87. The number of fused-ring (bicyclic) bond motifs is 1. The summed E-state index contributed by atoms with van der Waals surface area (Å²) in [7, 11) is 0. The van der Waals surface area contributed by atoms with Crippen molar-refractivity contribution in [3.8, 4) is 0 Å². The van der Waals surface area contributed by atoms with Gasteiger partial charge in [-0.25, -0.2) is 0 Å². The van der Waals surface area contributed by atoms with Crippen molar-refractivity contribution in [2.45, 2.75) is 0 Å². The van der Waals surface area contributed by atoms with Crippen LogP contribution in [0.3, 0.4) is 0 Å². The first-order valence-corrected chi connectivity index (χ1v) is 6.12. The molecule has 0 fully saturated rings. The lowest BCUT2D eigenvalue weighted by molar-refractivity contribution is -0.641. The molecule has 0 unspecified atom stereocenters. The van der Waals surface area contributed by atoms with Gasteiger partial charge in [-0.3, -0.25) is 0 Å². The van der Waals surface area contributed by atoms with E-state index in [9.17, 15) is 0 Å². The van der Waals surface area contributed by atoms with E-state index in [0.29, 0.717) is 0 Å². The second-order valence-corrected chi connectivity index (χ2v) is 4.54. The number of rotatable bonds is 2. The lowest BCUT2D eigenvalue weighted by atomic mass is 10.2. The molecule has 3 heteroatoms. The molecular formula is C15H12ClN2+. The fourth-order valence-corrected chi connectivity index (χ4v) is 2.00. The van der Waals surface area contributed by atoms with Crippen LogP contribution < -0.4 is 10.1 Å². The molecule has 0 saturated carbocycles. The first-order valence-electron chi connectivity index (χ1n) is 5.74. The average Bonchev–Trinajstić information content (AvgIpc) is 2.41. The van der Waals surface area contributed by atoms with Gasteiger partial charge >= 0.3 is 0 Å². The highest BCUT2D eigenvalue weighted by atomic mass is 35.5. The highest BCUT2D eigenvalue weighted by Crippen LogP contribution is 2.13. The van der Waals surface area contributed by atoms with Crippen LogP contribution in [0, 0.1) is 0 Å². The van der Waals surface area contributed by atoms with Crippen LogP contribution in [-0.4, -0.2) is 0 Å². The predicted molar refractivity (Wildman–Crippen MR) is 74.6 cm³/mol. The van der Waals surface area contributed by atoms with Gasteiger partial charge in [0.2, 0.25) is 6.20 Å². The fraction of sp³-hybridized carbons (Fsp3) is 0. The van der Waals surface area contributed by atoms with E-state index in [0.717, 1.165) is 10.7 Å². The van der Waals surface area contributed by atoms with E-state index in [4.69, 9.17) is 11.6 Å². The Morgan fingerprint density at radius 3 is 2.33 bits per heavy atom. The van der Waals surface area contributed by atoms with E-state index in [1.807, 2.05) is 47.3 Å². The van der Waals surface area contributed by atoms with Gasteiger partial charge in [0.05, 0.1) is 5.69 Å².